The first kappa shape index (κ1) is 12.0. The summed E-state index contributed by atoms with van der Waals surface area (Å²) in [5.41, 5.74) is 0. The minimum Gasteiger partial charge on any atom is -0.0912 e. The third-order valence-electron chi connectivity index (χ3n) is 1.87. The van der Waals surface area contributed by atoms with Crippen molar-refractivity contribution in [2.24, 2.45) is 0 Å². The summed E-state index contributed by atoms with van der Waals surface area (Å²) >= 11 is 0. The van der Waals surface area contributed by atoms with Gasteiger partial charge in [-0.2, -0.15) is 0 Å². The van der Waals surface area contributed by atoms with Crippen molar-refractivity contribution in [1.82, 2.24) is 0 Å². The third-order valence-corrected chi connectivity index (χ3v) is 1.87. The molecule has 0 fully saturated rings. The fraction of sp³-hybridized carbons (Fsp3) is 0.385. The molecule has 0 aliphatic rings. The molecule has 0 nitrogen and oxygen atoms in total. The molecule has 1 rings (SSSR count). The first-order valence-corrected chi connectivity index (χ1v) is 4.96. The van der Waals surface area contributed by atoms with E-state index < -0.39 is 0 Å². The van der Waals surface area contributed by atoms with Crippen LogP contribution in [0.15, 0.2) is 24.3 Å². The minimum absolute atomic E-state index is 1.10. The molecule has 0 radical (unpaired) electrons. The van der Waals surface area contributed by atoms with Crippen molar-refractivity contribution in [3.05, 3.63) is 34.7 Å². The van der Waals surface area contributed by atoms with Crippen LogP contribution in [-0.4, -0.2) is 0 Å². The van der Waals surface area contributed by atoms with Gasteiger partial charge in [-0.15, -0.1) is 0 Å². The number of benzene rings is 1. The molecule has 1 aromatic carbocycles. The van der Waals surface area contributed by atoms with Crippen molar-refractivity contribution < 1.29 is 0 Å². The Morgan fingerprint density at radius 3 is 2.00 bits per heavy atom. The predicted octanol–water partition coefficient (Wildman–Crippen LogP) is 2.70. The first-order valence-electron chi connectivity index (χ1n) is 4.96. The van der Waals surface area contributed by atoms with Gasteiger partial charge in [-0.3, -0.25) is 0 Å². The first-order chi connectivity index (χ1) is 6.26. The smallest absolute Gasteiger partial charge is 0.0233 e. The van der Waals surface area contributed by atoms with Gasteiger partial charge in [-0.05, 0) is 17.4 Å². The maximum absolute atomic E-state index is 3.86. The molecule has 0 heterocycles. The molecule has 0 aliphatic heterocycles. The highest BCUT2D eigenvalue weighted by Crippen LogP contribution is 1.76. The molecule has 0 bridgehead atoms. The van der Waals surface area contributed by atoms with Gasteiger partial charge < -0.3 is 0 Å². The quantitative estimate of drug-likeness (QED) is 0.617. The lowest BCUT2D eigenvalue weighted by Crippen LogP contribution is -2.20. The summed E-state index contributed by atoms with van der Waals surface area (Å²) < 4.78 is 0. The zero-order valence-electron chi connectivity index (χ0n) is 9.01. The lowest BCUT2D eigenvalue weighted by atomic mass is 10.2. The van der Waals surface area contributed by atoms with Gasteiger partial charge in [0.1, 0.15) is 0 Å². The van der Waals surface area contributed by atoms with Crippen molar-refractivity contribution in [3.63, 3.8) is 0 Å². The van der Waals surface area contributed by atoms with Crippen molar-refractivity contribution in [2.75, 3.05) is 0 Å². The number of unbranched alkanes of at least 4 members (excludes halogenated alkanes) is 1. The van der Waals surface area contributed by atoms with Crippen LogP contribution in [0, 0.1) is 0 Å². The summed E-state index contributed by atoms with van der Waals surface area (Å²) in [7, 11) is 0. The van der Waals surface area contributed by atoms with Gasteiger partial charge in [0.25, 0.3) is 0 Å². The van der Waals surface area contributed by atoms with Crippen molar-refractivity contribution in [1.29, 1.82) is 0 Å². The van der Waals surface area contributed by atoms with E-state index in [0.29, 0.717) is 0 Å². The lowest BCUT2D eigenvalue weighted by Gasteiger charge is -1.82. The highest BCUT2D eigenvalue weighted by atomic mass is 13.8. The largest absolute Gasteiger partial charge is 0.0912 e. The van der Waals surface area contributed by atoms with E-state index in [9.17, 15) is 0 Å². The van der Waals surface area contributed by atoms with Crippen LogP contribution in [0.4, 0.5) is 0 Å². The second-order valence-electron chi connectivity index (χ2n) is 2.99. The second kappa shape index (κ2) is 7.60. The Labute approximate surface area is 81.6 Å². The zero-order valence-corrected chi connectivity index (χ0v) is 9.01. The molecule has 1 aromatic rings. The summed E-state index contributed by atoms with van der Waals surface area (Å²) in [5, 5.41) is 2.32. The van der Waals surface area contributed by atoms with Gasteiger partial charge in [0.2, 0.25) is 0 Å². The van der Waals surface area contributed by atoms with Crippen molar-refractivity contribution in [3.8, 4) is 0 Å². The van der Waals surface area contributed by atoms with Crippen LogP contribution < -0.4 is 10.4 Å². The molecule has 0 aliphatic carbocycles. The average molecular weight is 176 g/mol. The molecule has 0 heteroatoms. The minimum atomic E-state index is 1.10. The Morgan fingerprint density at radius 1 is 1.15 bits per heavy atom. The molecule has 0 atom stereocenters. The van der Waals surface area contributed by atoms with E-state index in [2.05, 4.69) is 32.6 Å². The van der Waals surface area contributed by atoms with Crippen LogP contribution in [-0.2, 0) is 0 Å². The molecule has 13 heavy (non-hydrogen) atoms. The number of hydrogen-bond donors (Lipinski definition) is 0. The highest BCUT2D eigenvalue weighted by molar-refractivity contribution is 5.23. The Kier molecular flexibility index (Phi) is 6.99. The molecule has 0 saturated heterocycles. The summed E-state index contributed by atoms with van der Waals surface area (Å²) in [6.45, 7) is 10.2. The number of rotatable bonds is 1. The summed E-state index contributed by atoms with van der Waals surface area (Å²) in [4.78, 5) is 0. The molecule has 0 spiro atoms. The maximum atomic E-state index is 3.86. The van der Waals surface area contributed by atoms with E-state index in [-0.39, 0.29) is 0 Å². The van der Waals surface area contributed by atoms with Crippen LogP contribution in [0.2, 0.25) is 0 Å². The fourth-order valence-corrected chi connectivity index (χ4v) is 0.816. The zero-order chi connectivity index (χ0) is 10.1. The standard InChI is InChI=1S/C9H10.C4H10/c1-3-9-7-5-4-6-8(9)2;1-3-4-2/h3-7H,2H2,1H3;3-4H2,1-2H3/b9-3+;. The van der Waals surface area contributed by atoms with E-state index >= 15 is 0 Å². The SMILES string of the molecule is C=c1cccc/c1=C\C.CCCC. The fourth-order valence-electron chi connectivity index (χ4n) is 0.816. The third kappa shape index (κ3) is 5.24. The monoisotopic (exact) mass is 176 g/mol. The van der Waals surface area contributed by atoms with Crippen molar-refractivity contribution >= 4 is 12.7 Å². The Morgan fingerprint density at radius 2 is 1.69 bits per heavy atom. The van der Waals surface area contributed by atoms with Gasteiger partial charge in [-0.1, -0.05) is 63.6 Å². The lowest BCUT2D eigenvalue weighted by molar-refractivity contribution is 0.886. The van der Waals surface area contributed by atoms with Gasteiger partial charge in [0.05, 0.1) is 0 Å². The van der Waals surface area contributed by atoms with E-state index in [0.717, 1.165) is 5.22 Å². The van der Waals surface area contributed by atoms with Crippen LogP contribution in [0.5, 0.6) is 0 Å². The summed E-state index contributed by atoms with van der Waals surface area (Å²) in [5.74, 6) is 0. The maximum Gasteiger partial charge on any atom is -0.0233 e. The van der Waals surface area contributed by atoms with Gasteiger partial charge in [-0.25, -0.2) is 0 Å². The van der Waals surface area contributed by atoms with Crippen LogP contribution in [0.25, 0.3) is 12.7 Å². The molecule has 0 saturated carbocycles. The molecule has 72 valence electrons. The molecular weight excluding hydrogens is 156 g/mol. The van der Waals surface area contributed by atoms with Crippen molar-refractivity contribution in [2.45, 2.75) is 33.6 Å². The van der Waals surface area contributed by atoms with E-state index in [1.165, 1.54) is 18.1 Å². The summed E-state index contributed by atoms with van der Waals surface area (Å²) in [6, 6.07) is 8.08. The van der Waals surface area contributed by atoms with Crippen LogP contribution in [0.3, 0.4) is 0 Å². The van der Waals surface area contributed by atoms with Gasteiger partial charge in [0, 0.05) is 0 Å². The molecule has 0 N–H and O–H groups in total. The Balaban J connectivity index is 0.000000310. The normalized spacial score (nSPS) is 10.5. The Hall–Kier alpha value is -1.04. The summed E-state index contributed by atoms with van der Waals surface area (Å²) in [6.07, 6.45) is 4.70. The second-order valence-corrected chi connectivity index (χ2v) is 2.99. The van der Waals surface area contributed by atoms with Crippen LogP contribution in [0.1, 0.15) is 33.6 Å². The van der Waals surface area contributed by atoms with E-state index in [4.69, 9.17) is 0 Å². The van der Waals surface area contributed by atoms with Gasteiger partial charge in [0.15, 0.2) is 0 Å². The molecule has 0 unspecified atom stereocenters. The van der Waals surface area contributed by atoms with Gasteiger partial charge >= 0.3 is 0 Å². The molecular formula is C13H20. The predicted molar refractivity (Wildman–Crippen MR) is 61.9 cm³/mol. The number of hydrogen-bond acceptors (Lipinski definition) is 0. The molecule has 0 amide bonds. The molecule has 0 aromatic heterocycles. The topological polar surface area (TPSA) is 0 Å². The highest BCUT2D eigenvalue weighted by Gasteiger charge is 1.74. The average Bonchev–Trinajstić information content (AvgIpc) is 2.19. The van der Waals surface area contributed by atoms with E-state index in [1.807, 2.05) is 25.1 Å². The van der Waals surface area contributed by atoms with Crippen LogP contribution >= 0.6 is 0 Å². The Bertz CT molecular complexity index is 307. The van der Waals surface area contributed by atoms with E-state index in [1.54, 1.807) is 0 Å².